The highest BCUT2D eigenvalue weighted by atomic mass is 79.9. The molecule has 0 unspecified atom stereocenters. The molecular formula is C18H16BrF2N5O2. The van der Waals surface area contributed by atoms with Crippen LogP contribution in [0.25, 0.3) is 0 Å². The predicted octanol–water partition coefficient (Wildman–Crippen LogP) is 2.90. The Kier molecular flexibility index (Phi) is 5.68. The van der Waals surface area contributed by atoms with Crippen LogP contribution in [0.5, 0.6) is 5.88 Å². The van der Waals surface area contributed by atoms with Crippen molar-refractivity contribution in [3.63, 3.8) is 0 Å². The highest BCUT2D eigenvalue weighted by Crippen LogP contribution is 2.21. The van der Waals surface area contributed by atoms with Crippen molar-refractivity contribution in [2.24, 2.45) is 0 Å². The number of hydrogen-bond acceptors (Lipinski definition) is 6. The van der Waals surface area contributed by atoms with Gasteiger partial charge in [0.1, 0.15) is 40.2 Å². The first-order valence-corrected chi connectivity index (χ1v) is 8.97. The van der Waals surface area contributed by atoms with Crippen molar-refractivity contribution in [1.29, 1.82) is 0 Å². The van der Waals surface area contributed by atoms with Gasteiger partial charge in [0.25, 0.3) is 5.56 Å². The number of rotatable bonds is 5. The average Bonchev–Trinajstić information content (AvgIpc) is 2.63. The van der Waals surface area contributed by atoms with E-state index in [4.69, 9.17) is 10.5 Å². The van der Waals surface area contributed by atoms with Crippen LogP contribution in [0.2, 0.25) is 0 Å². The molecule has 3 rings (SSSR count). The molecule has 0 atom stereocenters. The molecular weight excluding hydrogens is 436 g/mol. The van der Waals surface area contributed by atoms with Gasteiger partial charge < -0.3 is 10.5 Å². The van der Waals surface area contributed by atoms with Gasteiger partial charge in [-0.3, -0.25) is 9.36 Å². The number of nitrogens with two attached hydrogens (primary N) is 1. The van der Waals surface area contributed by atoms with Gasteiger partial charge in [0.05, 0.1) is 6.54 Å². The summed E-state index contributed by atoms with van der Waals surface area (Å²) in [6, 6.07) is 3.16. The Morgan fingerprint density at radius 1 is 1.21 bits per heavy atom. The number of halogens is 3. The maximum absolute atomic E-state index is 13.7. The minimum atomic E-state index is -0.740. The Hall–Kier alpha value is -2.88. The Labute approximate surface area is 167 Å². The molecule has 0 spiro atoms. The molecule has 0 aliphatic carbocycles. The van der Waals surface area contributed by atoms with Crippen LogP contribution in [0, 0.1) is 25.5 Å². The molecule has 0 fully saturated rings. The van der Waals surface area contributed by atoms with Crippen molar-refractivity contribution in [1.82, 2.24) is 19.5 Å². The molecule has 2 N–H and O–H groups in total. The average molecular weight is 452 g/mol. The van der Waals surface area contributed by atoms with Crippen LogP contribution >= 0.6 is 15.9 Å². The molecule has 3 aromatic rings. The van der Waals surface area contributed by atoms with Crippen LogP contribution in [0.1, 0.15) is 22.8 Å². The van der Waals surface area contributed by atoms with Crippen LogP contribution in [0.3, 0.4) is 0 Å². The molecule has 7 nitrogen and oxygen atoms in total. The van der Waals surface area contributed by atoms with E-state index in [1.54, 1.807) is 20.0 Å². The van der Waals surface area contributed by atoms with Gasteiger partial charge in [-0.05, 0) is 41.9 Å². The van der Waals surface area contributed by atoms with Crippen molar-refractivity contribution in [2.75, 3.05) is 5.73 Å². The van der Waals surface area contributed by atoms with Gasteiger partial charge in [-0.2, -0.15) is 4.98 Å². The highest BCUT2D eigenvalue weighted by molar-refractivity contribution is 9.10. The van der Waals surface area contributed by atoms with Gasteiger partial charge in [-0.25, -0.2) is 18.7 Å². The molecule has 10 heteroatoms. The minimum absolute atomic E-state index is 0.00982. The summed E-state index contributed by atoms with van der Waals surface area (Å²) in [7, 11) is 0. The van der Waals surface area contributed by atoms with Gasteiger partial charge in [0.15, 0.2) is 0 Å². The first-order valence-electron chi connectivity index (χ1n) is 8.18. The topological polar surface area (TPSA) is 95.9 Å². The smallest absolute Gasteiger partial charge is 0.272 e. The number of nitrogens with zero attached hydrogens (tertiary/aromatic N) is 4. The zero-order valence-electron chi connectivity index (χ0n) is 15.0. The Morgan fingerprint density at radius 3 is 2.64 bits per heavy atom. The van der Waals surface area contributed by atoms with Crippen LogP contribution in [0.4, 0.5) is 14.6 Å². The van der Waals surface area contributed by atoms with E-state index in [0.717, 1.165) is 12.1 Å². The molecule has 0 amide bonds. The fourth-order valence-electron chi connectivity index (χ4n) is 2.48. The van der Waals surface area contributed by atoms with Gasteiger partial charge in [-0.1, -0.05) is 0 Å². The molecule has 0 aliphatic rings. The Morgan fingerprint density at radius 2 is 1.96 bits per heavy atom. The zero-order chi connectivity index (χ0) is 20.4. The summed E-state index contributed by atoms with van der Waals surface area (Å²) < 4.78 is 33.7. The number of aryl methyl sites for hydroxylation is 2. The van der Waals surface area contributed by atoms with E-state index in [1.165, 1.54) is 10.6 Å². The van der Waals surface area contributed by atoms with Gasteiger partial charge in [-0.15, -0.1) is 0 Å². The van der Waals surface area contributed by atoms with Crippen molar-refractivity contribution in [3.05, 3.63) is 73.6 Å². The summed E-state index contributed by atoms with van der Waals surface area (Å²) in [5.74, 6) is -0.240. The maximum Gasteiger partial charge on any atom is 0.272 e. The predicted molar refractivity (Wildman–Crippen MR) is 102 cm³/mol. The lowest BCUT2D eigenvalue weighted by molar-refractivity contribution is 0.282. The largest absolute Gasteiger partial charge is 0.472 e. The molecule has 1 aromatic carbocycles. The molecule has 0 bridgehead atoms. The summed E-state index contributed by atoms with van der Waals surface area (Å²) in [5, 5.41) is 0. The fraction of sp³-hybridized carbons (Fsp3) is 0.222. The van der Waals surface area contributed by atoms with E-state index in [9.17, 15) is 13.6 Å². The molecule has 2 aromatic heterocycles. The summed E-state index contributed by atoms with van der Waals surface area (Å²) in [6.45, 7) is 3.27. The second-order valence-electron chi connectivity index (χ2n) is 6.02. The molecule has 0 saturated carbocycles. The molecule has 0 aliphatic heterocycles. The third-order valence-electron chi connectivity index (χ3n) is 4.00. The second-order valence-corrected chi connectivity index (χ2v) is 6.81. The van der Waals surface area contributed by atoms with E-state index < -0.39 is 17.2 Å². The summed E-state index contributed by atoms with van der Waals surface area (Å²) in [6.07, 6.45) is 1.55. The lowest BCUT2D eigenvalue weighted by Crippen LogP contribution is -2.26. The molecule has 146 valence electrons. The summed E-state index contributed by atoms with van der Waals surface area (Å²) in [5.41, 5.74) is 6.20. The van der Waals surface area contributed by atoms with E-state index >= 15 is 0 Å². The number of aromatic nitrogens is 4. The van der Waals surface area contributed by atoms with Crippen molar-refractivity contribution in [3.8, 4) is 5.88 Å². The normalized spacial score (nSPS) is 10.9. The zero-order valence-corrected chi connectivity index (χ0v) is 16.6. The van der Waals surface area contributed by atoms with E-state index in [0.29, 0.717) is 17.2 Å². The third-order valence-corrected chi connectivity index (χ3v) is 4.68. The maximum atomic E-state index is 13.7. The van der Waals surface area contributed by atoms with E-state index in [1.807, 2.05) is 0 Å². The summed E-state index contributed by atoms with van der Waals surface area (Å²) in [4.78, 5) is 25.1. The SMILES string of the molecule is Cc1ncc(Cn2c(C)nc(OCc3ccc(F)cc3F)c(Br)c2=O)c(N)n1. The van der Waals surface area contributed by atoms with Crippen LogP contribution in [-0.4, -0.2) is 19.5 Å². The third kappa shape index (κ3) is 4.16. The quantitative estimate of drug-likeness (QED) is 0.640. The fourth-order valence-corrected chi connectivity index (χ4v) is 2.90. The summed E-state index contributed by atoms with van der Waals surface area (Å²) >= 11 is 3.18. The molecule has 2 heterocycles. The van der Waals surface area contributed by atoms with Gasteiger partial charge >= 0.3 is 0 Å². The van der Waals surface area contributed by atoms with Crippen LogP contribution in [0.15, 0.2) is 33.7 Å². The van der Waals surface area contributed by atoms with E-state index in [-0.39, 0.29) is 34.9 Å². The Bertz CT molecular complexity index is 1100. The Balaban J connectivity index is 1.86. The monoisotopic (exact) mass is 451 g/mol. The first-order chi connectivity index (χ1) is 13.3. The number of ether oxygens (including phenoxy) is 1. The number of hydrogen-bond donors (Lipinski definition) is 1. The van der Waals surface area contributed by atoms with Crippen molar-refractivity contribution >= 4 is 21.7 Å². The second kappa shape index (κ2) is 8.01. The minimum Gasteiger partial charge on any atom is -0.472 e. The molecule has 0 radical (unpaired) electrons. The molecule has 0 saturated heterocycles. The van der Waals surface area contributed by atoms with E-state index in [2.05, 4.69) is 30.9 Å². The van der Waals surface area contributed by atoms with Crippen LogP contribution < -0.4 is 16.0 Å². The van der Waals surface area contributed by atoms with Crippen molar-refractivity contribution < 1.29 is 13.5 Å². The molecule has 28 heavy (non-hydrogen) atoms. The first kappa shape index (κ1) is 19.9. The van der Waals surface area contributed by atoms with Gasteiger partial charge in [0, 0.05) is 23.4 Å². The van der Waals surface area contributed by atoms with Crippen molar-refractivity contribution in [2.45, 2.75) is 27.0 Å². The number of anilines is 1. The number of benzene rings is 1. The lowest BCUT2D eigenvalue weighted by Gasteiger charge is -2.14. The van der Waals surface area contributed by atoms with Crippen LogP contribution in [-0.2, 0) is 13.2 Å². The lowest BCUT2D eigenvalue weighted by atomic mass is 10.2. The highest BCUT2D eigenvalue weighted by Gasteiger charge is 2.16. The standard InChI is InChI=1S/C18H16BrF2N5O2/c1-9-23-6-12(16(22)24-9)7-26-10(2)25-17(15(19)18(26)27)28-8-11-3-4-13(20)5-14(11)21/h3-6H,7-8H2,1-2H3,(H2,22,23,24). The number of nitrogen functional groups attached to an aromatic ring is 1. The van der Waals surface area contributed by atoms with Gasteiger partial charge in [0.2, 0.25) is 5.88 Å².